The zero-order valence-electron chi connectivity index (χ0n) is 20.7. The molecule has 3 heterocycles. The second-order valence-corrected chi connectivity index (χ2v) is 9.61. The van der Waals surface area contributed by atoms with Crippen molar-refractivity contribution in [2.24, 2.45) is 4.99 Å². The summed E-state index contributed by atoms with van der Waals surface area (Å²) in [5, 5.41) is 9.86. The van der Waals surface area contributed by atoms with Gasteiger partial charge in [-0.15, -0.1) is 0 Å². The molecule has 1 fully saturated rings. The number of benzene rings is 2. The summed E-state index contributed by atoms with van der Waals surface area (Å²) in [6.07, 6.45) is 5.46. The molecule has 1 atom stereocenters. The number of aliphatic imine (C=N–C) groups is 1. The van der Waals surface area contributed by atoms with E-state index in [2.05, 4.69) is 30.9 Å². The van der Waals surface area contributed by atoms with Crippen LogP contribution in [0, 0.1) is 0 Å². The lowest BCUT2D eigenvalue weighted by atomic mass is 10.1. The Morgan fingerprint density at radius 1 is 1.05 bits per heavy atom. The van der Waals surface area contributed by atoms with Crippen LogP contribution in [-0.4, -0.2) is 57.9 Å². The van der Waals surface area contributed by atoms with Crippen molar-refractivity contribution in [3.63, 3.8) is 0 Å². The summed E-state index contributed by atoms with van der Waals surface area (Å²) in [6, 6.07) is 12.1. The van der Waals surface area contributed by atoms with Gasteiger partial charge >= 0.3 is 6.03 Å². The van der Waals surface area contributed by atoms with Gasteiger partial charge in [0.1, 0.15) is 5.02 Å². The van der Waals surface area contributed by atoms with E-state index in [0.717, 1.165) is 30.5 Å². The average molecular weight is 532 g/mol. The number of aromatic nitrogens is 2. The van der Waals surface area contributed by atoms with E-state index in [1.54, 1.807) is 47.5 Å². The van der Waals surface area contributed by atoms with Crippen LogP contribution in [0.2, 0.25) is 5.02 Å². The minimum Gasteiger partial charge on any atom is -0.366 e. The number of hydrogen-bond donors (Lipinski definition) is 3. The number of amides is 3. The number of urea groups is 1. The van der Waals surface area contributed by atoms with E-state index in [0.29, 0.717) is 46.7 Å². The van der Waals surface area contributed by atoms with Crippen molar-refractivity contribution >= 4 is 58.7 Å². The van der Waals surface area contributed by atoms with Crippen LogP contribution in [0.3, 0.4) is 0 Å². The first-order chi connectivity index (χ1) is 18.4. The predicted molar refractivity (Wildman–Crippen MR) is 147 cm³/mol. The van der Waals surface area contributed by atoms with Crippen molar-refractivity contribution in [3.05, 3.63) is 70.4 Å². The van der Waals surface area contributed by atoms with Crippen molar-refractivity contribution in [2.45, 2.75) is 32.2 Å². The minimum atomic E-state index is -0.247. The molecule has 2 aromatic carbocycles. The smallest absolute Gasteiger partial charge is 0.321 e. The second kappa shape index (κ2) is 11.0. The first-order valence-electron chi connectivity index (χ1n) is 12.3. The fraction of sp³-hybridized carbons (Fsp3) is 0.259. The van der Waals surface area contributed by atoms with Gasteiger partial charge in [0.05, 0.1) is 11.8 Å². The summed E-state index contributed by atoms with van der Waals surface area (Å²) in [5.41, 5.74) is 3.29. The van der Waals surface area contributed by atoms with Crippen LogP contribution < -0.4 is 16.0 Å². The fourth-order valence-corrected chi connectivity index (χ4v) is 4.57. The summed E-state index contributed by atoms with van der Waals surface area (Å²) >= 11 is 6.39. The number of hydrogen-bond acceptors (Lipinski definition) is 7. The van der Waals surface area contributed by atoms with Crippen molar-refractivity contribution in [1.29, 1.82) is 0 Å². The highest BCUT2D eigenvalue weighted by Crippen LogP contribution is 2.26. The normalized spacial score (nSPS) is 16.5. The van der Waals surface area contributed by atoms with E-state index in [-0.39, 0.29) is 23.8 Å². The van der Waals surface area contributed by atoms with Gasteiger partial charge in [0.25, 0.3) is 5.91 Å². The Balaban J connectivity index is 1.18. The maximum Gasteiger partial charge on any atom is 0.321 e. The zero-order valence-corrected chi connectivity index (χ0v) is 21.5. The molecule has 0 saturated carbocycles. The van der Waals surface area contributed by atoms with Gasteiger partial charge in [-0.3, -0.25) is 9.59 Å². The number of anilines is 4. The molecular formula is C27H26ClN7O3. The van der Waals surface area contributed by atoms with E-state index < -0.39 is 0 Å². The fourth-order valence-electron chi connectivity index (χ4n) is 4.43. The van der Waals surface area contributed by atoms with Gasteiger partial charge in [-0.05, 0) is 68.7 Å². The Hall–Kier alpha value is -4.31. The molecular weight excluding hydrogens is 506 g/mol. The number of Topliss-reactive ketones (excluding diaryl/α,β-unsaturated/α-hetero) is 1. The summed E-state index contributed by atoms with van der Waals surface area (Å²) < 4.78 is 0. The molecule has 1 unspecified atom stereocenters. The molecule has 3 N–H and O–H groups in total. The Morgan fingerprint density at radius 2 is 1.84 bits per heavy atom. The van der Waals surface area contributed by atoms with Crippen LogP contribution >= 0.6 is 11.6 Å². The minimum absolute atomic E-state index is 0.0171. The van der Waals surface area contributed by atoms with Crippen LogP contribution in [0.25, 0.3) is 0 Å². The Morgan fingerprint density at radius 3 is 2.63 bits per heavy atom. The van der Waals surface area contributed by atoms with Crippen molar-refractivity contribution in [2.75, 3.05) is 29.0 Å². The number of ketones is 1. The van der Waals surface area contributed by atoms with Crippen LogP contribution in [0.15, 0.2) is 53.7 Å². The maximum atomic E-state index is 12.8. The summed E-state index contributed by atoms with van der Waals surface area (Å²) in [6.45, 7) is 2.71. The van der Waals surface area contributed by atoms with E-state index in [1.165, 1.54) is 13.1 Å². The lowest BCUT2D eigenvalue weighted by Crippen LogP contribution is -2.36. The molecule has 10 nitrogen and oxygen atoms in total. The number of carbonyl (C=O) groups is 3. The van der Waals surface area contributed by atoms with Crippen molar-refractivity contribution in [3.8, 4) is 0 Å². The van der Waals surface area contributed by atoms with Gasteiger partial charge in [0, 0.05) is 47.8 Å². The molecule has 3 aromatic rings. The summed E-state index contributed by atoms with van der Waals surface area (Å²) in [5.74, 6) is 0.610. The molecule has 0 spiro atoms. The largest absolute Gasteiger partial charge is 0.366 e. The van der Waals surface area contributed by atoms with Gasteiger partial charge in [-0.1, -0.05) is 11.6 Å². The van der Waals surface area contributed by atoms with Gasteiger partial charge in [0.2, 0.25) is 5.95 Å². The molecule has 38 heavy (non-hydrogen) atoms. The van der Waals surface area contributed by atoms with Crippen LogP contribution in [-0.2, 0) is 0 Å². The third-order valence-corrected chi connectivity index (χ3v) is 6.78. The number of fused-ring (bicyclic) bond motifs is 1. The number of carbonyl (C=O) groups excluding carboxylic acids is 3. The number of nitrogens with zero attached hydrogens (tertiary/aromatic N) is 4. The molecule has 0 radical (unpaired) electrons. The molecule has 0 bridgehead atoms. The highest BCUT2D eigenvalue weighted by Gasteiger charge is 2.22. The average Bonchev–Trinajstić information content (AvgIpc) is 3.11. The molecule has 2 aliphatic heterocycles. The number of nitrogens with one attached hydrogen (secondary N) is 3. The molecule has 0 aliphatic carbocycles. The first-order valence-corrected chi connectivity index (χ1v) is 12.7. The van der Waals surface area contributed by atoms with E-state index in [4.69, 9.17) is 11.6 Å². The van der Waals surface area contributed by atoms with E-state index in [9.17, 15) is 14.4 Å². The highest BCUT2D eigenvalue weighted by atomic mass is 35.5. The van der Waals surface area contributed by atoms with Gasteiger partial charge in [0.15, 0.2) is 11.6 Å². The monoisotopic (exact) mass is 531 g/mol. The van der Waals surface area contributed by atoms with Crippen molar-refractivity contribution < 1.29 is 14.4 Å². The lowest BCUT2D eigenvalue weighted by Gasteiger charge is -2.22. The SMILES string of the molecule is CC(=O)c1ccc(NC(=O)N2CCCC(Nc3nc(Nc4ccc5c(c4)C=NC5=O)ncc3Cl)CC2)cc1. The Labute approximate surface area is 224 Å². The second-order valence-electron chi connectivity index (χ2n) is 9.20. The zero-order chi connectivity index (χ0) is 26.6. The van der Waals surface area contributed by atoms with E-state index >= 15 is 0 Å². The van der Waals surface area contributed by atoms with Crippen molar-refractivity contribution in [1.82, 2.24) is 14.9 Å². The first kappa shape index (κ1) is 25.3. The quantitative estimate of drug-likeness (QED) is 0.375. The summed E-state index contributed by atoms with van der Waals surface area (Å²) in [4.78, 5) is 50.4. The predicted octanol–water partition coefficient (Wildman–Crippen LogP) is 5.15. The third-order valence-electron chi connectivity index (χ3n) is 6.50. The Kier molecular flexibility index (Phi) is 7.32. The topological polar surface area (TPSA) is 129 Å². The number of halogens is 1. The van der Waals surface area contributed by atoms with Gasteiger partial charge in [-0.25, -0.2) is 14.8 Å². The molecule has 3 amide bonds. The molecule has 1 saturated heterocycles. The molecule has 1 aromatic heterocycles. The van der Waals surface area contributed by atoms with Gasteiger partial charge in [-0.2, -0.15) is 4.98 Å². The lowest BCUT2D eigenvalue weighted by molar-refractivity contribution is 0.100. The molecule has 5 rings (SSSR count). The summed E-state index contributed by atoms with van der Waals surface area (Å²) in [7, 11) is 0. The third kappa shape index (κ3) is 5.81. The molecule has 11 heteroatoms. The maximum absolute atomic E-state index is 12.8. The number of likely N-dealkylation sites (tertiary alicyclic amines) is 1. The number of rotatable bonds is 6. The molecule has 194 valence electrons. The Bertz CT molecular complexity index is 1420. The van der Waals surface area contributed by atoms with E-state index in [1.807, 2.05) is 6.07 Å². The molecule has 2 aliphatic rings. The van der Waals surface area contributed by atoms with Gasteiger partial charge < -0.3 is 20.9 Å². The van der Waals surface area contributed by atoms with Crippen LogP contribution in [0.5, 0.6) is 0 Å². The van der Waals surface area contributed by atoms with Crippen LogP contribution in [0.1, 0.15) is 52.5 Å². The highest BCUT2D eigenvalue weighted by molar-refractivity contribution is 6.32. The standard InChI is InChI=1S/C27H26ClN7O3/c1-16(36)17-4-6-20(7-5-17)33-27(38)35-11-2-3-19(10-12-35)31-24-23(28)15-30-26(34-24)32-21-8-9-22-18(13-21)14-29-25(22)37/h4-9,13-15,19H,2-3,10-12H2,1H3,(H,33,38)(H2,30,31,32,34). The van der Waals surface area contributed by atoms with Crippen LogP contribution in [0.4, 0.5) is 27.9 Å².